The van der Waals surface area contributed by atoms with Crippen LogP contribution in [0.25, 0.3) is 0 Å². The van der Waals surface area contributed by atoms with Crippen molar-refractivity contribution < 1.29 is 23.9 Å². The highest BCUT2D eigenvalue weighted by Crippen LogP contribution is 2.32. The van der Waals surface area contributed by atoms with E-state index in [0.717, 1.165) is 29.9 Å². The van der Waals surface area contributed by atoms with Crippen LogP contribution < -0.4 is 9.47 Å². The van der Waals surface area contributed by atoms with Gasteiger partial charge in [-0.1, -0.05) is 17.3 Å². The minimum atomic E-state index is -0.00951. The predicted octanol–water partition coefficient (Wildman–Crippen LogP) is 4.60. The van der Waals surface area contributed by atoms with Crippen molar-refractivity contribution in [1.82, 2.24) is 10.1 Å². The summed E-state index contributed by atoms with van der Waals surface area (Å²) in [6.07, 6.45) is 1.79. The lowest BCUT2D eigenvalue weighted by Crippen LogP contribution is -2.37. The molecule has 0 spiro atoms. The summed E-state index contributed by atoms with van der Waals surface area (Å²) in [4.78, 5) is 15.0. The maximum Gasteiger partial charge on any atom is 0.253 e. The third kappa shape index (κ3) is 4.56. The molecule has 1 aliphatic rings. The maximum absolute atomic E-state index is 13.1. The monoisotopic (exact) mass is 436 g/mol. The third-order valence-corrected chi connectivity index (χ3v) is 6.11. The molecule has 0 bridgehead atoms. The number of methoxy groups -OCH3 is 1. The number of phenolic OH excluding ortho intramolecular Hbond substituents is 1. The van der Waals surface area contributed by atoms with Gasteiger partial charge in [0.25, 0.3) is 5.91 Å². The Hall–Kier alpha value is -3.48. The summed E-state index contributed by atoms with van der Waals surface area (Å²) in [7, 11) is 1.56. The number of phenols is 1. The number of hydrogen-bond donors (Lipinski definition) is 1. The molecule has 0 aliphatic carbocycles. The molecule has 1 amide bonds. The first kappa shape index (κ1) is 21.7. The fourth-order valence-electron chi connectivity index (χ4n) is 4.12. The van der Waals surface area contributed by atoms with Crippen molar-refractivity contribution in [3.63, 3.8) is 0 Å². The molecule has 0 radical (unpaired) electrons. The van der Waals surface area contributed by atoms with Crippen molar-refractivity contribution in [3.8, 4) is 17.2 Å². The van der Waals surface area contributed by atoms with Gasteiger partial charge in [0.05, 0.1) is 18.4 Å². The Morgan fingerprint density at radius 3 is 2.47 bits per heavy atom. The molecule has 3 aromatic rings. The van der Waals surface area contributed by atoms with Gasteiger partial charge in [0.2, 0.25) is 0 Å². The van der Waals surface area contributed by atoms with Gasteiger partial charge in [-0.15, -0.1) is 0 Å². The molecule has 1 saturated heterocycles. The second kappa shape index (κ2) is 9.34. The molecule has 1 N–H and O–H groups in total. The molecule has 2 heterocycles. The number of carbonyl (C=O) groups is 1. The quantitative estimate of drug-likeness (QED) is 0.608. The minimum Gasteiger partial charge on any atom is -0.508 e. The van der Waals surface area contributed by atoms with Gasteiger partial charge in [-0.2, -0.15) is 0 Å². The Kier molecular flexibility index (Phi) is 6.35. The summed E-state index contributed by atoms with van der Waals surface area (Å²) in [5, 5.41) is 13.4. The Bertz CT molecular complexity index is 1060. The molecule has 7 heteroatoms. The molecule has 2 aromatic carbocycles. The lowest BCUT2D eigenvalue weighted by molar-refractivity contribution is 0.0712. The molecule has 0 atom stereocenters. The molecule has 1 aliphatic heterocycles. The molecule has 4 rings (SSSR count). The number of likely N-dealkylation sites (tertiary alicyclic amines) is 1. The normalized spacial score (nSPS) is 14.4. The first-order chi connectivity index (χ1) is 15.5. The van der Waals surface area contributed by atoms with E-state index in [1.807, 2.05) is 30.9 Å². The van der Waals surface area contributed by atoms with E-state index >= 15 is 0 Å². The number of rotatable bonds is 6. The van der Waals surface area contributed by atoms with Crippen LogP contribution in [0.2, 0.25) is 0 Å². The van der Waals surface area contributed by atoms with E-state index in [1.165, 1.54) is 5.56 Å². The molecular weight excluding hydrogens is 408 g/mol. The van der Waals surface area contributed by atoms with Crippen molar-refractivity contribution >= 4 is 5.91 Å². The van der Waals surface area contributed by atoms with Crippen LogP contribution in [0.1, 0.15) is 51.7 Å². The number of ether oxygens (including phenoxy) is 2. The Morgan fingerprint density at radius 1 is 1.12 bits per heavy atom. The summed E-state index contributed by atoms with van der Waals surface area (Å²) in [6.45, 7) is 5.42. The van der Waals surface area contributed by atoms with Crippen molar-refractivity contribution in [2.45, 2.75) is 39.2 Å². The number of aromatic hydroxyl groups is 1. The summed E-state index contributed by atoms with van der Waals surface area (Å²) in [5.74, 6) is 2.47. The lowest BCUT2D eigenvalue weighted by atomic mass is 9.89. The van der Waals surface area contributed by atoms with Crippen molar-refractivity contribution in [2.75, 3.05) is 20.2 Å². The highest BCUT2D eigenvalue weighted by Gasteiger charge is 2.25. The van der Waals surface area contributed by atoms with E-state index in [9.17, 15) is 9.90 Å². The first-order valence-corrected chi connectivity index (χ1v) is 10.8. The molecular formula is C25H28N2O5. The summed E-state index contributed by atoms with van der Waals surface area (Å²) < 4.78 is 16.6. The fourth-order valence-corrected chi connectivity index (χ4v) is 4.12. The van der Waals surface area contributed by atoms with Gasteiger partial charge in [0, 0.05) is 18.7 Å². The van der Waals surface area contributed by atoms with Gasteiger partial charge >= 0.3 is 0 Å². The zero-order valence-electron chi connectivity index (χ0n) is 18.6. The number of piperidine rings is 1. The number of benzene rings is 2. The van der Waals surface area contributed by atoms with E-state index < -0.39 is 0 Å². The average Bonchev–Trinajstić information content (AvgIpc) is 3.14. The molecule has 1 fully saturated rings. The Labute approximate surface area is 187 Å². The zero-order chi connectivity index (χ0) is 22.7. The third-order valence-electron chi connectivity index (χ3n) is 6.11. The molecule has 32 heavy (non-hydrogen) atoms. The van der Waals surface area contributed by atoms with E-state index in [-0.39, 0.29) is 11.7 Å². The SMILES string of the molecule is COc1cc(C(=O)N2CCC(c3ccc(O)cc3)CC2)ccc1OCc1c(C)noc1C. The number of amides is 1. The van der Waals surface area contributed by atoms with Crippen LogP contribution in [0.15, 0.2) is 47.0 Å². The van der Waals surface area contributed by atoms with Crippen LogP contribution in [0.5, 0.6) is 17.2 Å². The van der Waals surface area contributed by atoms with Gasteiger partial charge in [-0.25, -0.2) is 0 Å². The minimum absolute atomic E-state index is 0.00951. The van der Waals surface area contributed by atoms with Crippen molar-refractivity contribution in [1.29, 1.82) is 0 Å². The highest BCUT2D eigenvalue weighted by molar-refractivity contribution is 5.95. The maximum atomic E-state index is 13.1. The highest BCUT2D eigenvalue weighted by atomic mass is 16.5. The standard InChI is InChI=1S/C25H28N2O5/c1-16-22(17(2)32-26-16)15-31-23-9-6-20(14-24(23)30-3)25(29)27-12-10-19(11-13-27)18-4-7-21(28)8-5-18/h4-9,14,19,28H,10-13,15H2,1-3H3. The second-order valence-electron chi connectivity index (χ2n) is 8.12. The Balaban J connectivity index is 1.40. The van der Waals surface area contributed by atoms with E-state index in [0.29, 0.717) is 42.7 Å². The van der Waals surface area contributed by atoms with Crippen LogP contribution in [0.3, 0.4) is 0 Å². The van der Waals surface area contributed by atoms with E-state index in [1.54, 1.807) is 37.4 Å². The molecule has 7 nitrogen and oxygen atoms in total. The molecule has 0 saturated carbocycles. The smallest absolute Gasteiger partial charge is 0.253 e. The van der Waals surface area contributed by atoms with Gasteiger partial charge in [0.1, 0.15) is 18.1 Å². The molecule has 0 unspecified atom stereocenters. The van der Waals surface area contributed by atoms with Crippen LogP contribution >= 0.6 is 0 Å². The lowest BCUT2D eigenvalue weighted by Gasteiger charge is -2.32. The van der Waals surface area contributed by atoms with Crippen LogP contribution in [-0.2, 0) is 6.61 Å². The van der Waals surface area contributed by atoms with Crippen LogP contribution in [-0.4, -0.2) is 41.3 Å². The summed E-state index contributed by atoms with van der Waals surface area (Å²) >= 11 is 0. The molecule has 1 aromatic heterocycles. The largest absolute Gasteiger partial charge is 0.508 e. The number of nitrogens with zero attached hydrogens (tertiary/aromatic N) is 2. The summed E-state index contributed by atoms with van der Waals surface area (Å²) in [6, 6.07) is 12.6. The number of aromatic nitrogens is 1. The van der Waals surface area contributed by atoms with E-state index in [2.05, 4.69) is 5.16 Å². The topological polar surface area (TPSA) is 85.0 Å². The average molecular weight is 437 g/mol. The number of carbonyl (C=O) groups excluding carboxylic acids is 1. The first-order valence-electron chi connectivity index (χ1n) is 10.8. The van der Waals surface area contributed by atoms with Crippen molar-refractivity contribution in [2.24, 2.45) is 0 Å². The van der Waals surface area contributed by atoms with Gasteiger partial charge in [0.15, 0.2) is 11.5 Å². The van der Waals surface area contributed by atoms with Crippen LogP contribution in [0.4, 0.5) is 0 Å². The fraction of sp³-hybridized carbons (Fsp3) is 0.360. The van der Waals surface area contributed by atoms with Crippen molar-refractivity contribution in [3.05, 3.63) is 70.6 Å². The van der Waals surface area contributed by atoms with Gasteiger partial charge < -0.3 is 24.0 Å². The van der Waals surface area contributed by atoms with Crippen LogP contribution in [0, 0.1) is 13.8 Å². The molecule has 168 valence electrons. The van der Waals surface area contributed by atoms with Gasteiger partial charge in [-0.05, 0) is 68.5 Å². The number of hydrogen-bond acceptors (Lipinski definition) is 6. The second-order valence-corrected chi connectivity index (χ2v) is 8.12. The Morgan fingerprint density at radius 2 is 1.84 bits per heavy atom. The summed E-state index contributed by atoms with van der Waals surface area (Å²) in [5.41, 5.74) is 3.48. The zero-order valence-corrected chi connectivity index (χ0v) is 18.6. The van der Waals surface area contributed by atoms with Gasteiger partial charge in [-0.3, -0.25) is 4.79 Å². The number of aryl methyl sites for hydroxylation is 2. The van der Waals surface area contributed by atoms with E-state index in [4.69, 9.17) is 14.0 Å². The predicted molar refractivity (Wildman–Crippen MR) is 119 cm³/mol.